The summed E-state index contributed by atoms with van der Waals surface area (Å²) in [4.78, 5) is 0. The molecule has 208 valence electrons. The Morgan fingerprint density at radius 3 is 1.22 bits per heavy atom. The van der Waals surface area contributed by atoms with Crippen molar-refractivity contribution in [2.75, 3.05) is 10.6 Å². The van der Waals surface area contributed by atoms with Crippen LogP contribution in [0.5, 0.6) is 23.0 Å². The molecule has 4 rings (SSSR count). The maximum atomic E-state index is 8.82. The van der Waals surface area contributed by atoms with Crippen LogP contribution < -0.4 is 20.1 Å². The number of rotatable bonds is 10. The topological polar surface area (TPSA) is 90.1 Å². The molecule has 0 heterocycles. The van der Waals surface area contributed by atoms with Gasteiger partial charge in [-0.1, -0.05) is 53.7 Å². The van der Waals surface area contributed by atoms with E-state index in [1.165, 1.54) is 22.3 Å². The van der Waals surface area contributed by atoms with Gasteiger partial charge in [0.15, 0.2) is 12.4 Å². The van der Waals surface area contributed by atoms with E-state index in [0.29, 0.717) is 23.3 Å². The van der Waals surface area contributed by atoms with Gasteiger partial charge in [-0.05, 0) is 107 Å². The van der Waals surface area contributed by atoms with Crippen LogP contribution in [0.15, 0.2) is 84.9 Å². The lowest BCUT2D eigenvalue weighted by atomic mass is 9.71. The SMILES string of the molecule is CC(C)c1cc(Oc2ccc(NC#N)cc2)ccc1C(C)(C)c1ccc(Oc2ccc(NC#N)cc2)cc1C(C)C. The van der Waals surface area contributed by atoms with Gasteiger partial charge in [0.25, 0.3) is 0 Å². The van der Waals surface area contributed by atoms with Crippen LogP contribution in [-0.2, 0) is 5.41 Å². The summed E-state index contributed by atoms with van der Waals surface area (Å²) in [5.41, 5.74) is 6.15. The van der Waals surface area contributed by atoms with Crippen LogP contribution in [0.25, 0.3) is 0 Å². The minimum Gasteiger partial charge on any atom is -0.457 e. The summed E-state index contributed by atoms with van der Waals surface area (Å²) in [6.45, 7) is 13.4. The summed E-state index contributed by atoms with van der Waals surface area (Å²) in [5, 5.41) is 22.9. The van der Waals surface area contributed by atoms with Crippen molar-refractivity contribution in [3.63, 3.8) is 0 Å². The maximum Gasteiger partial charge on any atom is 0.181 e. The van der Waals surface area contributed by atoms with Gasteiger partial charge in [0.1, 0.15) is 23.0 Å². The zero-order valence-corrected chi connectivity index (χ0v) is 24.4. The average molecular weight is 545 g/mol. The molecule has 0 radical (unpaired) electrons. The van der Waals surface area contributed by atoms with Gasteiger partial charge in [0, 0.05) is 16.8 Å². The van der Waals surface area contributed by atoms with Crippen LogP contribution in [0, 0.1) is 22.9 Å². The van der Waals surface area contributed by atoms with Crippen molar-refractivity contribution in [1.29, 1.82) is 10.5 Å². The Hall–Kier alpha value is -4.94. The number of anilines is 2. The second-order valence-electron chi connectivity index (χ2n) is 11.2. The van der Waals surface area contributed by atoms with Gasteiger partial charge in [-0.2, -0.15) is 10.5 Å². The Balaban J connectivity index is 1.64. The quantitative estimate of drug-likeness (QED) is 0.153. The highest BCUT2D eigenvalue weighted by molar-refractivity contribution is 5.54. The molecule has 0 unspecified atom stereocenters. The Kier molecular flexibility index (Phi) is 8.85. The fourth-order valence-corrected chi connectivity index (χ4v) is 5.06. The third-order valence-corrected chi connectivity index (χ3v) is 7.22. The lowest BCUT2D eigenvalue weighted by Crippen LogP contribution is -2.23. The Labute approximate surface area is 243 Å². The number of nitriles is 2. The van der Waals surface area contributed by atoms with Crippen molar-refractivity contribution >= 4 is 11.4 Å². The van der Waals surface area contributed by atoms with Crippen LogP contribution >= 0.6 is 0 Å². The van der Waals surface area contributed by atoms with Gasteiger partial charge >= 0.3 is 0 Å². The monoisotopic (exact) mass is 544 g/mol. The summed E-state index contributed by atoms with van der Waals surface area (Å²) in [6, 6.07) is 27.4. The molecule has 0 spiro atoms. The van der Waals surface area contributed by atoms with Crippen LogP contribution in [0.2, 0.25) is 0 Å². The zero-order chi connectivity index (χ0) is 29.6. The summed E-state index contributed by atoms with van der Waals surface area (Å²) in [6.07, 6.45) is 3.86. The summed E-state index contributed by atoms with van der Waals surface area (Å²) in [7, 11) is 0. The minimum absolute atomic E-state index is 0.272. The number of nitrogens with zero attached hydrogens (tertiary/aromatic N) is 2. The lowest BCUT2D eigenvalue weighted by Gasteiger charge is -2.33. The van der Waals surface area contributed by atoms with Crippen LogP contribution in [0.3, 0.4) is 0 Å². The third-order valence-electron chi connectivity index (χ3n) is 7.22. The summed E-state index contributed by atoms with van der Waals surface area (Å²) < 4.78 is 12.4. The molecular formula is C35H36N4O2. The summed E-state index contributed by atoms with van der Waals surface area (Å²) in [5.74, 6) is 3.56. The van der Waals surface area contributed by atoms with Crippen molar-refractivity contribution in [3.05, 3.63) is 107 Å². The van der Waals surface area contributed by atoms with Crippen LogP contribution in [0.4, 0.5) is 11.4 Å². The molecule has 2 N–H and O–H groups in total. The standard InChI is InChI=1S/C35H36N4O2/c1-23(2)31-19-29(40-27-11-7-25(8-12-27)38-21-36)15-17-33(31)35(5,6)34-18-16-30(20-32(34)24(3)4)41-28-13-9-26(10-14-28)39-22-37/h7-20,23-24,38-39H,1-6H3. The molecule has 0 aliphatic rings. The first-order valence-corrected chi connectivity index (χ1v) is 13.8. The van der Waals surface area contributed by atoms with Gasteiger partial charge in [-0.15, -0.1) is 0 Å². The van der Waals surface area contributed by atoms with Crippen LogP contribution in [-0.4, -0.2) is 0 Å². The molecule has 0 aromatic heterocycles. The van der Waals surface area contributed by atoms with Gasteiger partial charge < -0.3 is 9.47 Å². The predicted octanol–water partition coefficient (Wildman–Crippen LogP) is 9.63. The first kappa shape index (κ1) is 29.1. The average Bonchev–Trinajstić information content (AvgIpc) is 2.95. The fourth-order valence-electron chi connectivity index (χ4n) is 5.06. The van der Waals surface area contributed by atoms with Crippen molar-refractivity contribution in [2.45, 2.75) is 58.8 Å². The molecule has 0 aliphatic carbocycles. The molecular weight excluding hydrogens is 508 g/mol. The molecule has 0 saturated carbocycles. The van der Waals surface area contributed by atoms with Gasteiger partial charge in [-0.25, -0.2) is 0 Å². The zero-order valence-electron chi connectivity index (χ0n) is 24.4. The molecule has 0 aliphatic heterocycles. The van der Waals surface area contributed by atoms with Gasteiger partial charge in [0.05, 0.1) is 0 Å². The molecule has 6 nitrogen and oxygen atoms in total. The van der Waals surface area contributed by atoms with E-state index < -0.39 is 0 Å². The molecule has 6 heteroatoms. The molecule has 0 fully saturated rings. The van der Waals surface area contributed by atoms with E-state index in [4.69, 9.17) is 20.0 Å². The number of hydrogen-bond donors (Lipinski definition) is 2. The van der Waals surface area contributed by atoms with E-state index in [2.05, 4.69) is 76.4 Å². The van der Waals surface area contributed by atoms with Crippen molar-refractivity contribution in [1.82, 2.24) is 0 Å². The molecule has 0 atom stereocenters. The number of hydrogen-bond acceptors (Lipinski definition) is 6. The normalized spacial score (nSPS) is 11.1. The molecule has 0 amide bonds. The minimum atomic E-state index is -0.272. The van der Waals surface area contributed by atoms with E-state index in [1.54, 1.807) is 0 Å². The van der Waals surface area contributed by atoms with Crippen molar-refractivity contribution in [3.8, 4) is 35.4 Å². The summed E-state index contributed by atoms with van der Waals surface area (Å²) >= 11 is 0. The number of benzene rings is 4. The number of nitrogens with one attached hydrogen (secondary N) is 2. The molecule has 4 aromatic rings. The highest BCUT2D eigenvalue weighted by Gasteiger charge is 2.30. The molecule has 0 bridgehead atoms. The molecule has 0 saturated heterocycles. The van der Waals surface area contributed by atoms with E-state index in [1.807, 2.05) is 73.0 Å². The first-order valence-electron chi connectivity index (χ1n) is 13.8. The highest BCUT2D eigenvalue weighted by Crippen LogP contribution is 2.42. The highest BCUT2D eigenvalue weighted by atomic mass is 16.5. The second kappa shape index (κ2) is 12.5. The maximum absolute atomic E-state index is 8.82. The second-order valence-corrected chi connectivity index (χ2v) is 11.2. The molecule has 41 heavy (non-hydrogen) atoms. The Morgan fingerprint density at radius 1 is 0.561 bits per heavy atom. The van der Waals surface area contributed by atoms with E-state index >= 15 is 0 Å². The largest absolute Gasteiger partial charge is 0.457 e. The Morgan fingerprint density at radius 2 is 0.902 bits per heavy atom. The number of ether oxygens (including phenoxy) is 2. The van der Waals surface area contributed by atoms with Gasteiger partial charge in [-0.3, -0.25) is 10.6 Å². The Bertz CT molecular complexity index is 1460. The van der Waals surface area contributed by atoms with Crippen LogP contribution in [0.1, 0.15) is 75.6 Å². The van der Waals surface area contributed by atoms with Gasteiger partial charge in [0.2, 0.25) is 0 Å². The first-order chi connectivity index (χ1) is 19.6. The van der Waals surface area contributed by atoms with E-state index in [0.717, 1.165) is 22.9 Å². The van der Waals surface area contributed by atoms with E-state index in [-0.39, 0.29) is 5.41 Å². The molecule has 4 aromatic carbocycles. The third kappa shape index (κ3) is 6.80. The van der Waals surface area contributed by atoms with Crippen molar-refractivity contribution in [2.24, 2.45) is 0 Å². The lowest BCUT2D eigenvalue weighted by molar-refractivity contribution is 0.479. The van der Waals surface area contributed by atoms with E-state index in [9.17, 15) is 0 Å². The predicted molar refractivity (Wildman–Crippen MR) is 165 cm³/mol. The smallest absolute Gasteiger partial charge is 0.181 e. The fraction of sp³-hybridized carbons (Fsp3) is 0.257. The van der Waals surface area contributed by atoms with Crippen molar-refractivity contribution < 1.29 is 9.47 Å².